The Hall–Kier alpha value is -3.15. The first-order chi connectivity index (χ1) is 17.0. The second-order valence-corrected chi connectivity index (χ2v) is 11.0. The number of ether oxygens (including phenoxy) is 1. The van der Waals surface area contributed by atoms with Gasteiger partial charge in [0.15, 0.2) is 5.78 Å². The molecule has 0 radical (unpaired) electrons. The number of rotatable bonds is 8. The van der Waals surface area contributed by atoms with Crippen molar-refractivity contribution < 1.29 is 14.3 Å². The maximum absolute atomic E-state index is 13.6. The summed E-state index contributed by atoms with van der Waals surface area (Å²) in [6.07, 6.45) is 1.77. The fraction of sp³-hybridized carbons (Fsp3) is 0.500. The van der Waals surface area contributed by atoms with E-state index < -0.39 is 17.7 Å². The molecule has 36 heavy (non-hydrogen) atoms. The molecule has 0 aromatic heterocycles. The van der Waals surface area contributed by atoms with Crippen LogP contribution in [0.25, 0.3) is 0 Å². The van der Waals surface area contributed by atoms with Crippen LogP contribution in [0, 0.1) is 5.92 Å². The number of aryl methyl sites for hydroxylation is 1. The van der Waals surface area contributed by atoms with Crippen molar-refractivity contribution >= 4 is 17.8 Å². The Morgan fingerprint density at radius 2 is 1.64 bits per heavy atom. The number of benzene rings is 2. The van der Waals surface area contributed by atoms with Crippen molar-refractivity contribution in [2.24, 2.45) is 10.9 Å². The van der Waals surface area contributed by atoms with Crippen LogP contribution in [0.4, 0.5) is 4.79 Å². The number of hydrogen-bond donors (Lipinski definition) is 0. The zero-order valence-electron chi connectivity index (χ0n) is 22.6. The molecule has 2 aromatic rings. The van der Waals surface area contributed by atoms with E-state index in [0.29, 0.717) is 18.9 Å². The summed E-state index contributed by atoms with van der Waals surface area (Å²) in [5.74, 6) is 0.792. The lowest BCUT2D eigenvalue weighted by Gasteiger charge is -2.43. The molecule has 194 valence electrons. The first-order valence-electron chi connectivity index (χ1n) is 13.0. The SMILES string of the molecule is CC(C)CC1C(=O)CN(CCCc2ccccc2)C(=NC(C)c2ccccc2)N1C(=O)OC(C)(C)C. The summed E-state index contributed by atoms with van der Waals surface area (Å²) >= 11 is 0. The van der Waals surface area contributed by atoms with Gasteiger partial charge in [-0.25, -0.2) is 14.7 Å². The summed E-state index contributed by atoms with van der Waals surface area (Å²) in [5, 5.41) is 0. The van der Waals surface area contributed by atoms with E-state index in [0.717, 1.165) is 18.4 Å². The maximum Gasteiger partial charge on any atom is 0.417 e. The smallest absolute Gasteiger partial charge is 0.417 e. The highest BCUT2D eigenvalue weighted by Gasteiger charge is 2.43. The minimum atomic E-state index is -0.686. The molecule has 0 N–H and O–H groups in total. The molecule has 2 atom stereocenters. The molecule has 1 aliphatic heterocycles. The van der Waals surface area contributed by atoms with E-state index in [2.05, 4.69) is 26.0 Å². The van der Waals surface area contributed by atoms with Crippen LogP contribution in [-0.4, -0.2) is 52.4 Å². The third-order valence-corrected chi connectivity index (χ3v) is 6.14. The topological polar surface area (TPSA) is 62.2 Å². The van der Waals surface area contributed by atoms with Crippen molar-refractivity contribution in [1.29, 1.82) is 0 Å². The van der Waals surface area contributed by atoms with E-state index >= 15 is 0 Å². The summed E-state index contributed by atoms with van der Waals surface area (Å²) < 4.78 is 5.80. The van der Waals surface area contributed by atoms with Crippen molar-refractivity contribution in [3.05, 3.63) is 71.8 Å². The van der Waals surface area contributed by atoms with E-state index in [1.165, 1.54) is 10.5 Å². The molecule has 6 nitrogen and oxygen atoms in total. The second-order valence-electron chi connectivity index (χ2n) is 11.0. The molecule has 0 aliphatic carbocycles. The van der Waals surface area contributed by atoms with Gasteiger partial charge >= 0.3 is 6.09 Å². The van der Waals surface area contributed by atoms with Gasteiger partial charge in [0.05, 0.1) is 12.6 Å². The van der Waals surface area contributed by atoms with Crippen LogP contribution in [0.2, 0.25) is 0 Å². The lowest BCUT2D eigenvalue weighted by molar-refractivity contribution is -0.126. The first-order valence-corrected chi connectivity index (χ1v) is 13.0. The third kappa shape index (κ3) is 7.67. The molecule has 0 bridgehead atoms. The Kier molecular flexibility index (Phi) is 9.30. The molecule has 6 heteroatoms. The fourth-order valence-electron chi connectivity index (χ4n) is 4.42. The Morgan fingerprint density at radius 3 is 2.22 bits per heavy atom. The largest absolute Gasteiger partial charge is 0.443 e. The van der Waals surface area contributed by atoms with Crippen LogP contribution in [0.5, 0.6) is 0 Å². The molecular formula is C30H41N3O3. The van der Waals surface area contributed by atoms with Crippen molar-refractivity contribution in [1.82, 2.24) is 9.80 Å². The standard InChI is InChI=1S/C30H41N3O3/c1-22(2)20-26-27(34)21-32(19-13-16-24-14-9-7-10-15-24)28(33(26)29(35)36-30(4,5)6)31-23(3)25-17-11-8-12-18-25/h7-12,14-15,17-18,22-23,26H,13,16,19-21H2,1-6H3. The first kappa shape index (κ1) is 27.4. The van der Waals surface area contributed by atoms with Crippen LogP contribution in [0.3, 0.4) is 0 Å². The predicted octanol–water partition coefficient (Wildman–Crippen LogP) is 6.27. The average Bonchev–Trinajstić information content (AvgIpc) is 2.81. The number of aliphatic imine (C=N–C) groups is 1. The summed E-state index contributed by atoms with van der Waals surface area (Å²) in [7, 11) is 0. The van der Waals surface area contributed by atoms with Gasteiger partial charge in [0.2, 0.25) is 5.96 Å². The van der Waals surface area contributed by atoms with Crippen molar-refractivity contribution in [3.63, 3.8) is 0 Å². The highest BCUT2D eigenvalue weighted by atomic mass is 16.6. The minimum absolute atomic E-state index is 0.0283. The molecule has 1 fully saturated rings. The van der Waals surface area contributed by atoms with E-state index in [4.69, 9.17) is 9.73 Å². The van der Waals surface area contributed by atoms with Gasteiger partial charge in [0.25, 0.3) is 0 Å². The lowest BCUT2D eigenvalue weighted by Crippen LogP contribution is -2.63. The molecule has 2 aromatic carbocycles. The van der Waals surface area contributed by atoms with Gasteiger partial charge < -0.3 is 9.64 Å². The molecular weight excluding hydrogens is 450 g/mol. The Bertz CT molecular complexity index is 1030. The van der Waals surface area contributed by atoms with Gasteiger partial charge in [-0.1, -0.05) is 74.5 Å². The van der Waals surface area contributed by atoms with E-state index in [1.807, 2.05) is 81.1 Å². The Balaban J connectivity index is 1.97. The third-order valence-electron chi connectivity index (χ3n) is 6.14. The molecule has 0 spiro atoms. The highest BCUT2D eigenvalue weighted by molar-refractivity contribution is 6.05. The molecule has 1 heterocycles. The number of amides is 1. The van der Waals surface area contributed by atoms with E-state index in [1.54, 1.807) is 0 Å². The summed E-state index contributed by atoms with van der Waals surface area (Å²) in [6.45, 7) is 12.5. The highest BCUT2D eigenvalue weighted by Crippen LogP contribution is 2.26. The number of carbonyl (C=O) groups is 2. The molecule has 1 saturated heterocycles. The van der Waals surface area contributed by atoms with Crippen molar-refractivity contribution in [2.45, 2.75) is 78.5 Å². The zero-order valence-corrected chi connectivity index (χ0v) is 22.6. The normalized spacial score (nSPS) is 18.6. The summed E-state index contributed by atoms with van der Waals surface area (Å²) in [5.41, 5.74) is 1.61. The second kappa shape index (κ2) is 12.2. The quantitative estimate of drug-likeness (QED) is 0.436. The van der Waals surface area contributed by atoms with Crippen LogP contribution < -0.4 is 0 Å². The van der Waals surface area contributed by atoms with Gasteiger partial charge in [-0.05, 0) is 64.0 Å². The van der Waals surface area contributed by atoms with Crippen LogP contribution in [0.15, 0.2) is 65.7 Å². The van der Waals surface area contributed by atoms with Gasteiger partial charge in [0, 0.05) is 6.54 Å². The van der Waals surface area contributed by atoms with Crippen molar-refractivity contribution in [3.8, 4) is 0 Å². The molecule has 0 saturated carbocycles. The number of ketones is 1. The van der Waals surface area contributed by atoms with Crippen molar-refractivity contribution in [2.75, 3.05) is 13.1 Å². The number of guanidine groups is 1. The molecule has 2 unspecified atom stereocenters. The summed E-state index contributed by atoms with van der Waals surface area (Å²) in [4.78, 5) is 35.5. The summed E-state index contributed by atoms with van der Waals surface area (Å²) in [6, 6.07) is 19.5. The van der Waals surface area contributed by atoms with Gasteiger partial charge in [-0.15, -0.1) is 0 Å². The number of nitrogens with zero attached hydrogens (tertiary/aromatic N) is 3. The maximum atomic E-state index is 13.6. The number of Topliss-reactive ketones (excluding diaryl/α,β-unsaturated/α-hetero) is 1. The fourth-order valence-corrected chi connectivity index (χ4v) is 4.42. The monoisotopic (exact) mass is 491 g/mol. The van der Waals surface area contributed by atoms with Gasteiger partial charge in [-0.2, -0.15) is 0 Å². The number of hydrogen-bond acceptors (Lipinski definition) is 4. The van der Waals surface area contributed by atoms with Crippen LogP contribution in [-0.2, 0) is 16.0 Å². The molecule has 1 amide bonds. The lowest BCUT2D eigenvalue weighted by atomic mass is 9.96. The number of carbonyl (C=O) groups excluding carboxylic acids is 2. The van der Waals surface area contributed by atoms with Crippen LogP contribution >= 0.6 is 0 Å². The van der Waals surface area contributed by atoms with Gasteiger partial charge in [-0.3, -0.25) is 4.79 Å². The Labute approximate surface area is 216 Å². The predicted molar refractivity (Wildman–Crippen MR) is 145 cm³/mol. The molecule has 1 aliphatic rings. The Morgan fingerprint density at radius 1 is 1.03 bits per heavy atom. The van der Waals surface area contributed by atoms with E-state index in [9.17, 15) is 9.59 Å². The molecule has 3 rings (SSSR count). The average molecular weight is 492 g/mol. The minimum Gasteiger partial charge on any atom is -0.443 e. The zero-order chi connectivity index (χ0) is 26.3. The van der Waals surface area contributed by atoms with E-state index in [-0.39, 0.29) is 24.3 Å². The van der Waals surface area contributed by atoms with Crippen LogP contribution in [0.1, 0.15) is 71.6 Å². The van der Waals surface area contributed by atoms with Gasteiger partial charge in [0.1, 0.15) is 11.6 Å².